The number of aliphatic hydroxyl groups is 1. The molecule has 15 heavy (non-hydrogen) atoms. The molecule has 1 aromatic heterocycles. The Bertz CT molecular complexity index is 288. The van der Waals surface area contributed by atoms with E-state index < -0.39 is 0 Å². The molecule has 0 aromatic carbocycles. The van der Waals surface area contributed by atoms with E-state index in [0.29, 0.717) is 12.0 Å². The lowest BCUT2D eigenvalue weighted by Gasteiger charge is -2.10. The van der Waals surface area contributed by atoms with E-state index in [4.69, 9.17) is 5.11 Å². The highest BCUT2D eigenvalue weighted by molar-refractivity contribution is 7.09. The first-order valence-corrected chi connectivity index (χ1v) is 6.11. The van der Waals surface area contributed by atoms with Gasteiger partial charge in [-0.05, 0) is 19.8 Å². The van der Waals surface area contributed by atoms with Gasteiger partial charge in [-0.25, -0.2) is 4.98 Å². The average molecular weight is 229 g/mol. The van der Waals surface area contributed by atoms with Gasteiger partial charge in [-0.15, -0.1) is 0 Å². The van der Waals surface area contributed by atoms with Crippen LogP contribution >= 0.6 is 11.5 Å². The van der Waals surface area contributed by atoms with Crippen LogP contribution in [0.15, 0.2) is 0 Å². The minimum atomic E-state index is 0.249. The summed E-state index contributed by atoms with van der Waals surface area (Å²) in [4.78, 5) is 4.39. The fraction of sp³-hybridized carbons (Fsp3) is 0.800. The minimum absolute atomic E-state index is 0.249. The maximum Gasteiger partial charge on any atom is 0.202 e. The number of aromatic nitrogens is 2. The van der Waals surface area contributed by atoms with Crippen LogP contribution < -0.4 is 5.32 Å². The zero-order chi connectivity index (χ0) is 11.3. The van der Waals surface area contributed by atoms with Gasteiger partial charge in [0, 0.05) is 30.1 Å². The number of nitrogens with one attached hydrogen (secondary N) is 1. The van der Waals surface area contributed by atoms with Crippen molar-refractivity contribution >= 4 is 16.7 Å². The number of hydrogen-bond acceptors (Lipinski definition) is 5. The summed E-state index contributed by atoms with van der Waals surface area (Å²) in [6.07, 6.45) is 1.77. The third-order valence-corrected chi connectivity index (χ3v) is 2.78. The standard InChI is InChI=1S/C10H19N3OS/c1-7(2)9-12-10(15-13-9)11-8(3)5-4-6-14/h7-8,14H,4-6H2,1-3H3,(H,11,12,13). The summed E-state index contributed by atoms with van der Waals surface area (Å²) in [5, 5.41) is 12.9. The first kappa shape index (κ1) is 12.4. The van der Waals surface area contributed by atoms with Crippen molar-refractivity contribution in [3.8, 4) is 0 Å². The van der Waals surface area contributed by atoms with E-state index in [-0.39, 0.29) is 6.61 Å². The lowest BCUT2D eigenvalue weighted by molar-refractivity contribution is 0.282. The van der Waals surface area contributed by atoms with E-state index in [1.165, 1.54) is 11.5 Å². The Labute approximate surface area is 94.9 Å². The number of anilines is 1. The molecular formula is C10H19N3OS. The monoisotopic (exact) mass is 229 g/mol. The van der Waals surface area contributed by atoms with Crippen LogP contribution in [0, 0.1) is 0 Å². The Morgan fingerprint density at radius 1 is 1.40 bits per heavy atom. The van der Waals surface area contributed by atoms with Crippen LogP contribution in [0.5, 0.6) is 0 Å². The SMILES string of the molecule is CC(CCCO)Nc1nc(C(C)C)ns1. The maximum atomic E-state index is 8.70. The molecule has 0 bridgehead atoms. The van der Waals surface area contributed by atoms with Crippen molar-refractivity contribution in [3.05, 3.63) is 5.82 Å². The summed E-state index contributed by atoms with van der Waals surface area (Å²) in [6.45, 7) is 6.51. The van der Waals surface area contributed by atoms with Crippen LogP contribution in [0.2, 0.25) is 0 Å². The summed E-state index contributed by atoms with van der Waals surface area (Å²) in [5.74, 6) is 1.28. The van der Waals surface area contributed by atoms with Crippen molar-refractivity contribution < 1.29 is 5.11 Å². The van der Waals surface area contributed by atoms with E-state index in [1.54, 1.807) is 0 Å². The van der Waals surface area contributed by atoms with Crippen molar-refractivity contribution in [2.24, 2.45) is 0 Å². The number of hydrogen-bond donors (Lipinski definition) is 2. The fourth-order valence-corrected chi connectivity index (χ4v) is 2.03. The Balaban J connectivity index is 2.42. The van der Waals surface area contributed by atoms with Gasteiger partial charge in [-0.2, -0.15) is 4.37 Å². The van der Waals surface area contributed by atoms with E-state index in [9.17, 15) is 0 Å². The molecule has 86 valence electrons. The van der Waals surface area contributed by atoms with E-state index in [1.807, 2.05) is 0 Å². The molecule has 0 spiro atoms. The highest BCUT2D eigenvalue weighted by Crippen LogP contribution is 2.18. The zero-order valence-electron chi connectivity index (χ0n) is 9.53. The normalized spacial score (nSPS) is 13.1. The first-order valence-electron chi connectivity index (χ1n) is 5.34. The number of nitrogens with zero attached hydrogens (tertiary/aromatic N) is 2. The van der Waals surface area contributed by atoms with E-state index >= 15 is 0 Å². The van der Waals surface area contributed by atoms with Gasteiger partial charge in [-0.3, -0.25) is 0 Å². The molecule has 0 saturated heterocycles. The molecule has 1 aromatic rings. The second kappa shape index (κ2) is 6.02. The molecule has 2 N–H and O–H groups in total. The molecule has 1 rings (SSSR count). The second-order valence-electron chi connectivity index (χ2n) is 4.02. The van der Waals surface area contributed by atoms with Gasteiger partial charge in [0.2, 0.25) is 5.13 Å². The molecule has 1 atom stereocenters. The van der Waals surface area contributed by atoms with Crippen LogP contribution in [0.25, 0.3) is 0 Å². The lowest BCUT2D eigenvalue weighted by atomic mass is 10.2. The molecule has 5 heteroatoms. The molecule has 1 unspecified atom stereocenters. The van der Waals surface area contributed by atoms with Crippen molar-refractivity contribution in [3.63, 3.8) is 0 Å². The Hall–Kier alpha value is -0.680. The van der Waals surface area contributed by atoms with Gasteiger partial charge in [0.25, 0.3) is 0 Å². The van der Waals surface area contributed by atoms with Crippen molar-refractivity contribution in [1.82, 2.24) is 9.36 Å². The Morgan fingerprint density at radius 3 is 2.67 bits per heavy atom. The van der Waals surface area contributed by atoms with Crippen LogP contribution in [0.3, 0.4) is 0 Å². The van der Waals surface area contributed by atoms with Crippen LogP contribution in [0.1, 0.15) is 45.4 Å². The first-order chi connectivity index (χ1) is 7.13. The molecule has 0 amide bonds. The number of aliphatic hydroxyl groups excluding tert-OH is 1. The maximum absolute atomic E-state index is 8.70. The van der Waals surface area contributed by atoms with Gasteiger partial charge in [0.15, 0.2) is 0 Å². The predicted molar refractivity (Wildman–Crippen MR) is 63.4 cm³/mol. The summed E-state index contributed by atoms with van der Waals surface area (Å²) < 4.78 is 4.27. The predicted octanol–water partition coefficient (Wildman–Crippen LogP) is 2.23. The molecule has 1 heterocycles. The van der Waals surface area contributed by atoms with Gasteiger partial charge < -0.3 is 10.4 Å². The topological polar surface area (TPSA) is 58.0 Å². The average Bonchev–Trinajstić information content (AvgIpc) is 2.63. The highest BCUT2D eigenvalue weighted by Gasteiger charge is 2.09. The summed E-state index contributed by atoms with van der Waals surface area (Å²) >= 11 is 1.40. The van der Waals surface area contributed by atoms with Crippen molar-refractivity contribution in [2.45, 2.75) is 45.6 Å². The van der Waals surface area contributed by atoms with Crippen LogP contribution in [0.4, 0.5) is 5.13 Å². The molecule has 0 saturated carbocycles. The number of rotatable bonds is 6. The smallest absolute Gasteiger partial charge is 0.202 e. The third kappa shape index (κ3) is 4.13. The Kier molecular flexibility index (Phi) is 4.98. The lowest BCUT2D eigenvalue weighted by Crippen LogP contribution is -2.15. The highest BCUT2D eigenvalue weighted by atomic mass is 32.1. The minimum Gasteiger partial charge on any atom is -0.396 e. The van der Waals surface area contributed by atoms with Crippen molar-refractivity contribution in [1.29, 1.82) is 0 Å². The van der Waals surface area contributed by atoms with E-state index in [2.05, 4.69) is 35.4 Å². The van der Waals surface area contributed by atoms with Gasteiger partial charge in [0.05, 0.1) is 0 Å². The molecule has 0 radical (unpaired) electrons. The fourth-order valence-electron chi connectivity index (χ4n) is 1.21. The third-order valence-electron chi connectivity index (χ3n) is 2.12. The Morgan fingerprint density at radius 2 is 2.13 bits per heavy atom. The summed E-state index contributed by atoms with van der Waals surface area (Å²) in [7, 11) is 0. The van der Waals surface area contributed by atoms with Gasteiger partial charge >= 0.3 is 0 Å². The zero-order valence-corrected chi connectivity index (χ0v) is 10.3. The summed E-state index contributed by atoms with van der Waals surface area (Å²) in [6, 6.07) is 0.338. The van der Waals surface area contributed by atoms with Gasteiger partial charge in [0.1, 0.15) is 5.82 Å². The molecule has 0 aliphatic heterocycles. The second-order valence-corrected chi connectivity index (χ2v) is 4.78. The van der Waals surface area contributed by atoms with Crippen LogP contribution in [-0.4, -0.2) is 27.1 Å². The molecular weight excluding hydrogens is 210 g/mol. The largest absolute Gasteiger partial charge is 0.396 e. The summed E-state index contributed by atoms with van der Waals surface area (Å²) in [5.41, 5.74) is 0. The van der Waals surface area contributed by atoms with Crippen molar-refractivity contribution in [2.75, 3.05) is 11.9 Å². The quantitative estimate of drug-likeness (QED) is 0.785. The molecule has 0 fully saturated rings. The molecule has 4 nitrogen and oxygen atoms in total. The van der Waals surface area contributed by atoms with E-state index in [0.717, 1.165) is 23.8 Å². The van der Waals surface area contributed by atoms with Gasteiger partial charge in [-0.1, -0.05) is 13.8 Å². The molecule has 0 aliphatic carbocycles. The molecule has 0 aliphatic rings. The van der Waals surface area contributed by atoms with Crippen LogP contribution in [-0.2, 0) is 0 Å².